The van der Waals surface area contributed by atoms with E-state index in [-0.39, 0.29) is 18.5 Å². The largest absolute Gasteiger partial charge is 0.480 e. The molecule has 1 unspecified atom stereocenters. The predicted octanol–water partition coefficient (Wildman–Crippen LogP) is -0.231. The first-order valence-corrected chi connectivity index (χ1v) is 6.61. The lowest BCUT2D eigenvalue weighted by atomic mass is 10.2. The van der Waals surface area contributed by atoms with Gasteiger partial charge in [0.05, 0.1) is 12.6 Å². The molecule has 1 aliphatic rings. The Morgan fingerprint density at radius 3 is 2.74 bits per heavy atom. The third kappa shape index (κ3) is 5.40. The molecule has 1 fully saturated rings. The second-order valence-corrected chi connectivity index (χ2v) is 4.77. The summed E-state index contributed by atoms with van der Waals surface area (Å²) in [5, 5.41) is 11.6. The van der Waals surface area contributed by atoms with Gasteiger partial charge in [0.15, 0.2) is 0 Å². The molecule has 0 bridgehead atoms. The van der Waals surface area contributed by atoms with Crippen molar-refractivity contribution in [1.29, 1.82) is 0 Å². The van der Waals surface area contributed by atoms with Gasteiger partial charge >= 0.3 is 5.97 Å². The molecular formula is C13H23N3O3. The van der Waals surface area contributed by atoms with Crippen molar-refractivity contribution in [3.8, 4) is 0 Å². The summed E-state index contributed by atoms with van der Waals surface area (Å²) in [6.45, 7) is 8.99. The molecule has 1 amide bonds. The quantitative estimate of drug-likeness (QED) is 0.652. The number of nitrogens with one attached hydrogen (secondary N) is 1. The van der Waals surface area contributed by atoms with Crippen molar-refractivity contribution in [2.75, 3.05) is 39.3 Å². The molecular weight excluding hydrogens is 246 g/mol. The van der Waals surface area contributed by atoms with Crippen LogP contribution in [0.3, 0.4) is 0 Å². The normalized spacial score (nSPS) is 19.4. The molecule has 0 aliphatic carbocycles. The van der Waals surface area contributed by atoms with Crippen molar-refractivity contribution in [3.63, 3.8) is 0 Å². The van der Waals surface area contributed by atoms with Gasteiger partial charge in [-0.25, -0.2) is 0 Å². The van der Waals surface area contributed by atoms with E-state index < -0.39 is 5.97 Å². The molecule has 1 aliphatic heterocycles. The monoisotopic (exact) mass is 269 g/mol. The van der Waals surface area contributed by atoms with Crippen LogP contribution in [0.1, 0.15) is 13.3 Å². The molecule has 19 heavy (non-hydrogen) atoms. The molecule has 1 rings (SSSR count). The van der Waals surface area contributed by atoms with Gasteiger partial charge in [-0.3, -0.25) is 19.4 Å². The van der Waals surface area contributed by atoms with Crippen LogP contribution in [0.2, 0.25) is 0 Å². The van der Waals surface area contributed by atoms with E-state index in [1.807, 2.05) is 11.8 Å². The third-order valence-electron chi connectivity index (χ3n) is 3.33. The SMILES string of the molecule is C=CCNC(=O)C(C)N1CCCN(CC(=O)O)CC1. The number of hydrogen-bond acceptors (Lipinski definition) is 4. The van der Waals surface area contributed by atoms with Crippen molar-refractivity contribution in [2.45, 2.75) is 19.4 Å². The number of amides is 1. The van der Waals surface area contributed by atoms with E-state index in [1.54, 1.807) is 6.08 Å². The van der Waals surface area contributed by atoms with Crippen molar-refractivity contribution < 1.29 is 14.7 Å². The summed E-state index contributed by atoms with van der Waals surface area (Å²) in [5.74, 6) is -0.809. The molecule has 108 valence electrons. The molecule has 0 saturated carbocycles. The average Bonchev–Trinajstić information content (AvgIpc) is 2.60. The lowest BCUT2D eigenvalue weighted by Gasteiger charge is -2.26. The minimum Gasteiger partial charge on any atom is -0.480 e. The molecule has 6 heteroatoms. The molecule has 6 nitrogen and oxygen atoms in total. The van der Waals surface area contributed by atoms with Crippen molar-refractivity contribution in [2.24, 2.45) is 0 Å². The summed E-state index contributed by atoms with van der Waals surface area (Å²) in [6, 6.07) is -0.190. The molecule has 2 N–H and O–H groups in total. The van der Waals surface area contributed by atoms with E-state index in [0.717, 1.165) is 26.1 Å². The molecule has 0 aromatic rings. The van der Waals surface area contributed by atoms with Gasteiger partial charge in [-0.05, 0) is 13.3 Å². The topological polar surface area (TPSA) is 72.9 Å². The van der Waals surface area contributed by atoms with Crippen LogP contribution in [-0.4, -0.2) is 72.1 Å². The molecule has 0 aromatic carbocycles. The van der Waals surface area contributed by atoms with Crippen LogP contribution in [0.15, 0.2) is 12.7 Å². The first kappa shape index (κ1) is 15.7. The number of carboxylic acid groups (broad SMARTS) is 1. The Hall–Kier alpha value is -1.40. The van der Waals surface area contributed by atoms with E-state index in [9.17, 15) is 9.59 Å². The van der Waals surface area contributed by atoms with Crippen LogP contribution in [0.5, 0.6) is 0 Å². The number of hydrogen-bond donors (Lipinski definition) is 2. The maximum Gasteiger partial charge on any atom is 0.317 e. The molecule has 1 saturated heterocycles. The van der Waals surface area contributed by atoms with Gasteiger partial charge in [0.25, 0.3) is 0 Å². The van der Waals surface area contributed by atoms with E-state index in [1.165, 1.54) is 0 Å². The predicted molar refractivity (Wildman–Crippen MR) is 72.9 cm³/mol. The molecule has 0 spiro atoms. The van der Waals surface area contributed by atoms with Crippen LogP contribution < -0.4 is 5.32 Å². The Labute approximate surface area is 114 Å². The van der Waals surface area contributed by atoms with Gasteiger partial charge in [-0.15, -0.1) is 6.58 Å². The zero-order chi connectivity index (χ0) is 14.3. The summed E-state index contributed by atoms with van der Waals surface area (Å²) in [6.07, 6.45) is 2.54. The zero-order valence-electron chi connectivity index (χ0n) is 11.5. The summed E-state index contributed by atoms with van der Waals surface area (Å²) in [5.41, 5.74) is 0. The molecule has 1 heterocycles. The highest BCUT2D eigenvalue weighted by molar-refractivity contribution is 5.81. The second kappa shape index (κ2) is 7.91. The number of carbonyl (C=O) groups excluding carboxylic acids is 1. The van der Waals surface area contributed by atoms with Crippen LogP contribution in [0.25, 0.3) is 0 Å². The Balaban J connectivity index is 2.44. The van der Waals surface area contributed by atoms with E-state index >= 15 is 0 Å². The highest BCUT2D eigenvalue weighted by Gasteiger charge is 2.24. The summed E-state index contributed by atoms with van der Waals surface area (Å²) in [7, 11) is 0. The maximum atomic E-state index is 11.9. The van der Waals surface area contributed by atoms with Crippen LogP contribution in [-0.2, 0) is 9.59 Å². The minimum atomic E-state index is -0.801. The Morgan fingerprint density at radius 1 is 1.37 bits per heavy atom. The number of nitrogens with zero attached hydrogens (tertiary/aromatic N) is 2. The molecule has 0 aromatic heterocycles. The van der Waals surface area contributed by atoms with Gasteiger partial charge in [0.1, 0.15) is 0 Å². The fourth-order valence-electron chi connectivity index (χ4n) is 2.21. The van der Waals surface area contributed by atoms with E-state index in [4.69, 9.17) is 5.11 Å². The Morgan fingerprint density at radius 2 is 2.11 bits per heavy atom. The van der Waals surface area contributed by atoms with Crippen molar-refractivity contribution >= 4 is 11.9 Å². The highest BCUT2D eigenvalue weighted by Crippen LogP contribution is 2.07. The first-order chi connectivity index (χ1) is 9.04. The minimum absolute atomic E-state index is 0.00779. The van der Waals surface area contributed by atoms with E-state index in [2.05, 4.69) is 16.8 Å². The van der Waals surface area contributed by atoms with E-state index in [0.29, 0.717) is 13.1 Å². The fraction of sp³-hybridized carbons (Fsp3) is 0.692. The van der Waals surface area contributed by atoms with Gasteiger partial charge in [-0.1, -0.05) is 6.08 Å². The number of rotatable bonds is 6. The standard InChI is InChI=1S/C13H23N3O3/c1-3-5-14-13(19)11(2)16-7-4-6-15(8-9-16)10-12(17)18/h3,11H,1,4-10H2,2H3,(H,14,19)(H,17,18). The number of carboxylic acids is 1. The second-order valence-electron chi connectivity index (χ2n) is 4.77. The third-order valence-corrected chi connectivity index (χ3v) is 3.33. The average molecular weight is 269 g/mol. The van der Waals surface area contributed by atoms with Crippen molar-refractivity contribution in [1.82, 2.24) is 15.1 Å². The molecule has 1 atom stereocenters. The summed E-state index contributed by atoms with van der Waals surface area (Å²) < 4.78 is 0. The van der Waals surface area contributed by atoms with Gasteiger partial charge in [0.2, 0.25) is 5.91 Å². The van der Waals surface area contributed by atoms with Crippen LogP contribution in [0, 0.1) is 0 Å². The fourth-order valence-corrected chi connectivity index (χ4v) is 2.21. The lowest BCUT2D eigenvalue weighted by Crippen LogP contribution is -2.46. The smallest absolute Gasteiger partial charge is 0.317 e. The van der Waals surface area contributed by atoms with Gasteiger partial charge < -0.3 is 10.4 Å². The highest BCUT2D eigenvalue weighted by atomic mass is 16.4. The Kier molecular flexibility index (Phi) is 6.52. The van der Waals surface area contributed by atoms with Crippen LogP contribution >= 0.6 is 0 Å². The lowest BCUT2D eigenvalue weighted by molar-refractivity contribution is -0.138. The Bertz CT molecular complexity index is 333. The number of carbonyl (C=O) groups is 2. The van der Waals surface area contributed by atoms with Crippen molar-refractivity contribution in [3.05, 3.63) is 12.7 Å². The van der Waals surface area contributed by atoms with Gasteiger partial charge in [-0.2, -0.15) is 0 Å². The maximum absolute atomic E-state index is 11.9. The summed E-state index contributed by atoms with van der Waals surface area (Å²) in [4.78, 5) is 26.6. The van der Waals surface area contributed by atoms with Crippen LogP contribution in [0.4, 0.5) is 0 Å². The zero-order valence-corrected chi connectivity index (χ0v) is 11.5. The summed E-state index contributed by atoms with van der Waals surface area (Å²) >= 11 is 0. The first-order valence-electron chi connectivity index (χ1n) is 6.61. The van der Waals surface area contributed by atoms with Gasteiger partial charge in [0, 0.05) is 32.7 Å². The number of aliphatic carboxylic acids is 1. The molecule has 0 radical (unpaired) electrons.